The largest absolute Gasteiger partial charge is 0.465 e. The number of aromatic nitrogens is 1. The first-order valence-corrected chi connectivity index (χ1v) is 12.8. The number of carboxylic acid groups (broad SMARTS) is 1. The Morgan fingerprint density at radius 1 is 1.32 bits per heavy atom. The number of hydrogen-bond acceptors (Lipinski definition) is 8. The number of likely N-dealkylation sites (tertiary alicyclic amines) is 1. The summed E-state index contributed by atoms with van der Waals surface area (Å²) in [6, 6.07) is 2.35. The van der Waals surface area contributed by atoms with E-state index in [1.807, 2.05) is 0 Å². The highest BCUT2D eigenvalue weighted by atomic mass is 32.2. The third-order valence-corrected chi connectivity index (χ3v) is 7.65. The summed E-state index contributed by atoms with van der Waals surface area (Å²) >= 11 is 1.07. The van der Waals surface area contributed by atoms with E-state index in [9.17, 15) is 23.1 Å². The molecule has 0 spiro atoms. The van der Waals surface area contributed by atoms with Crippen LogP contribution in [-0.4, -0.2) is 67.4 Å². The smallest absolute Gasteiger partial charge is 0.430 e. The van der Waals surface area contributed by atoms with Crippen LogP contribution in [0, 0.1) is 12.7 Å². The SMILES string of the molecule is Cc1c(N(C)[C@H]2CCN(C(=O)O)C2)ccc(S(=O)(=O)N(C(=O)OC(C)(C)C)c2cscn2)c1F. The third kappa shape index (κ3) is 5.09. The Bertz CT molecular complexity index is 1180. The second-order valence-corrected chi connectivity index (χ2v) is 11.4. The van der Waals surface area contributed by atoms with Crippen molar-refractivity contribution in [1.29, 1.82) is 0 Å². The van der Waals surface area contributed by atoms with Crippen molar-refractivity contribution in [3.63, 3.8) is 0 Å². The van der Waals surface area contributed by atoms with Crippen LogP contribution in [0.5, 0.6) is 0 Å². The van der Waals surface area contributed by atoms with Crippen molar-refractivity contribution < 1.29 is 32.2 Å². The lowest BCUT2D eigenvalue weighted by Gasteiger charge is -2.29. The fourth-order valence-electron chi connectivity index (χ4n) is 3.68. The number of hydrogen-bond donors (Lipinski definition) is 1. The first-order valence-electron chi connectivity index (χ1n) is 10.4. The number of nitrogens with zero attached hydrogens (tertiary/aromatic N) is 4. The van der Waals surface area contributed by atoms with Gasteiger partial charge in [-0.1, -0.05) is 0 Å². The molecule has 0 unspecified atom stereocenters. The Morgan fingerprint density at radius 3 is 2.53 bits per heavy atom. The molecule has 1 aromatic carbocycles. The van der Waals surface area contributed by atoms with Gasteiger partial charge in [0.25, 0.3) is 10.0 Å². The molecule has 34 heavy (non-hydrogen) atoms. The molecule has 2 heterocycles. The van der Waals surface area contributed by atoms with E-state index in [2.05, 4.69) is 4.98 Å². The maximum atomic E-state index is 15.5. The summed E-state index contributed by atoms with van der Waals surface area (Å²) in [5.41, 5.74) is 0.836. The normalized spacial score (nSPS) is 16.4. The number of rotatable bonds is 5. The van der Waals surface area contributed by atoms with E-state index >= 15 is 4.39 Å². The Kier molecular flexibility index (Phi) is 7.08. The minimum atomic E-state index is -4.71. The Balaban J connectivity index is 1.99. The molecule has 1 saturated heterocycles. The second kappa shape index (κ2) is 9.37. The van der Waals surface area contributed by atoms with Crippen molar-refractivity contribution >= 4 is 45.1 Å². The molecular weight excluding hydrogens is 487 g/mol. The summed E-state index contributed by atoms with van der Waals surface area (Å²) in [7, 11) is -3.00. The molecular formula is C21H27FN4O6S2. The Morgan fingerprint density at radius 2 is 2.00 bits per heavy atom. The van der Waals surface area contributed by atoms with Crippen molar-refractivity contribution in [1.82, 2.24) is 9.88 Å². The van der Waals surface area contributed by atoms with Gasteiger partial charge in [-0.25, -0.2) is 27.4 Å². The van der Waals surface area contributed by atoms with Crippen LogP contribution in [0.4, 0.5) is 25.5 Å². The Hall–Kier alpha value is -2.93. The molecule has 0 saturated carbocycles. The highest BCUT2D eigenvalue weighted by molar-refractivity contribution is 7.93. The van der Waals surface area contributed by atoms with Crippen LogP contribution in [0.15, 0.2) is 27.9 Å². The quantitative estimate of drug-likeness (QED) is 0.638. The van der Waals surface area contributed by atoms with Gasteiger partial charge in [0, 0.05) is 42.8 Å². The van der Waals surface area contributed by atoms with Crippen molar-refractivity contribution in [2.24, 2.45) is 0 Å². The van der Waals surface area contributed by atoms with Crippen LogP contribution in [0.2, 0.25) is 0 Å². The number of amides is 2. The third-order valence-electron chi connectivity index (χ3n) is 5.39. The summed E-state index contributed by atoms with van der Waals surface area (Å²) in [4.78, 5) is 30.3. The molecule has 3 rings (SSSR count). The van der Waals surface area contributed by atoms with E-state index in [1.165, 1.54) is 28.8 Å². The van der Waals surface area contributed by atoms with Gasteiger partial charge in [-0.3, -0.25) is 0 Å². The topological polar surface area (TPSA) is 120 Å². The molecule has 186 valence electrons. The molecule has 1 N–H and O–H groups in total. The average Bonchev–Trinajstić information content (AvgIpc) is 3.40. The minimum Gasteiger partial charge on any atom is -0.465 e. The van der Waals surface area contributed by atoms with Crippen LogP contribution in [0.1, 0.15) is 32.8 Å². The van der Waals surface area contributed by atoms with Crippen LogP contribution in [0.3, 0.4) is 0 Å². The van der Waals surface area contributed by atoms with Gasteiger partial charge >= 0.3 is 12.2 Å². The Labute approximate surface area is 201 Å². The molecule has 1 aliphatic rings. The number of carbonyl (C=O) groups is 2. The van der Waals surface area contributed by atoms with E-state index in [4.69, 9.17) is 4.74 Å². The maximum Gasteiger partial charge on any atom is 0.430 e. The molecule has 2 amide bonds. The van der Waals surface area contributed by atoms with Crippen molar-refractivity contribution in [3.8, 4) is 0 Å². The zero-order valence-electron chi connectivity index (χ0n) is 19.5. The second-order valence-electron chi connectivity index (χ2n) is 8.90. The predicted molar refractivity (Wildman–Crippen MR) is 126 cm³/mol. The lowest BCUT2D eigenvalue weighted by molar-refractivity contribution is 0.0608. The zero-order valence-corrected chi connectivity index (χ0v) is 21.1. The van der Waals surface area contributed by atoms with E-state index < -0.39 is 38.5 Å². The molecule has 1 aliphatic heterocycles. The first-order chi connectivity index (χ1) is 15.7. The van der Waals surface area contributed by atoms with Gasteiger partial charge in [-0.15, -0.1) is 15.6 Å². The van der Waals surface area contributed by atoms with Gasteiger partial charge in [0.1, 0.15) is 16.3 Å². The van der Waals surface area contributed by atoms with Gasteiger partial charge in [0.15, 0.2) is 5.82 Å². The standard InChI is InChI=1S/C21H27FN4O6S2/c1-13-15(24(5)14-8-9-25(10-14)19(27)28)6-7-16(18(13)22)34(30,31)26(17-11-33-12-23-17)20(29)32-21(2,3)4/h6-7,11-12,14H,8-10H2,1-5H3,(H,27,28)/t14-/m0/s1. The lowest BCUT2D eigenvalue weighted by atomic mass is 10.1. The average molecular weight is 515 g/mol. The number of halogens is 1. The van der Waals surface area contributed by atoms with E-state index in [1.54, 1.807) is 32.7 Å². The molecule has 1 aromatic heterocycles. The van der Waals surface area contributed by atoms with Crippen LogP contribution < -0.4 is 9.21 Å². The van der Waals surface area contributed by atoms with Gasteiger partial charge < -0.3 is 19.6 Å². The number of likely N-dealkylation sites (N-methyl/N-ethyl adjacent to an activating group) is 1. The van der Waals surface area contributed by atoms with Gasteiger partial charge in [-0.2, -0.15) is 0 Å². The number of sulfonamides is 1. The lowest BCUT2D eigenvalue weighted by Crippen LogP contribution is -2.41. The van der Waals surface area contributed by atoms with E-state index in [0.29, 0.717) is 23.0 Å². The fourth-order valence-corrected chi connectivity index (χ4v) is 5.66. The monoisotopic (exact) mass is 514 g/mol. The highest BCUT2D eigenvalue weighted by Crippen LogP contribution is 2.33. The van der Waals surface area contributed by atoms with Crippen LogP contribution in [-0.2, 0) is 14.8 Å². The predicted octanol–water partition coefficient (Wildman–Crippen LogP) is 3.91. The number of thiazole rings is 1. The molecule has 1 atom stereocenters. The fraction of sp³-hybridized carbons (Fsp3) is 0.476. The summed E-state index contributed by atoms with van der Waals surface area (Å²) < 4.78 is 48.0. The van der Waals surface area contributed by atoms with Gasteiger partial charge in [-0.05, 0) is 46.2 Å². The van der Waals surface area contributed by atoms with Crippen molar-refractivity contribution in [2.75, 3.05) is 29.3 Å². The van der Waals surface area contributed by atoms with E-state index in [-0.39, 0.29) is 24.0 Å². The molecule has 10 nitrogen and oxygen atoms in total. The number of ether oxygens (including phenoxy) is 1. The highest BCUT2D eigenvalue weighted by Gasteiger charge is 2.38. The number of carbonyl (C=O) groups excluding carboxylic acids is 1. The molecule has 2 aromatic rings. The van der Waals surface area contributed by atoms with Crippen LogP contribution in [0.25, 0.3) is 0 Å². The summed E-state index contributed by atoms with van der Waals surface area (Å²) in [6.07, 6.45) is -1.67. The molecule has 13 heteroatoms. The van der Waals surface area contributed by atoms with Crippen molar-refractivity contribution in [2.45, 2.75) is 50.7 Å². The minimum absolute atomic E-state index is 0.0553. The van der Waals surface area contributed by atoms with Crippen molar-refractivity contribution in [3.05, 3.63) is 34.4 Å². The molecule has 1 fully saturated rings. The van der Waals surface area contributed by atoms with Gasteiger partial charge in [0.2, 0.25) is 0 Å². The molecule has 0 radical (unpaired) electrons. The summed E-state index contributed by atoms with van der Waals surface area (Å²) in [5.74, 6) is -1.21. The summed E-state index contributed by atoms with van der Waals surface area (Å²) in [5, 5.41) is 10.5. The van der Waals surface area contributed by atoms with E-state index in [0.717, 1.165) is 17.4 Å². The summed E-state index contributed by atoms with van der Waals surface area (Å²) in [6.45, 7) is 6.80. The first kappa shape index (κ1) is 25.7. The maximum absolute atomic E-state index is 15.5. The molecule has 0 aliphatic carbocycles. The zero-order chi connectivity index (χ0) is 25.4. The van der Waals surface area contributed by atoms with Crippen LogP contribution >= 0.6 is 11.3 Å². The number of anilines is 2. The van der Waals surface area contributed by atoms with Gasteiger partial charge in [0.05, 0.1) is 5.51 Å². The molecule has 0 bridgehead atoms. The number of benzene rings is 1.